The van der Waals surface area contributed by atoms with Crippen LogP contribution in [0, 0.1) is 0 Å². The second-order valence-electron chi connectivity index (χ2n) is 6.66. The maximum absolute atomic E-state index is 5.84. The Morgan fingerprint density at radius 2 is 1.43 bits per heavy atom. The molecule has 8 heteroatoms. The second-order valence-corrected chi connectivity index (χ2v) is 7.96. The molecule has 1 atom stereocenters. The van der Waals surface area contributed by atoms with E-state index in [1.54, 1.807) is 0 Å². The molecule has 0 radical (unpaired) electrons. The Kier molecular flexibility index (Phi) is 6.13. The van der Waals surface area contributed by atoms with Crippen molar-refractivity contribution >= 4 is 17.4 Å². The van der Waals surface area contributed by atoms with Crippen LogP contribution in [0.25, 0.3) is 22.9 Å². The molecule has 0 spiro atoms. The van der Waals surface area contributed by atoms with Crippen molar-refractivity contribution < 1.29 is 8.83 Å². The molecule has 2 aromatic carbocycles. The van der Waals surface area contributed by atoms with E-state index in [0.717, 1.165) is 24.2 Å². The minimum absolute atomic E-state index is 0.117. The third-order valence-electron chi connectivity index (χ3n) is 4.74. The fourth-order valence-electron chi connectivity index (χ4n) is 3.08. The molecule has 0 amide bonds. The van der Waals surface area contributed by atoms with E-state index in [1.807, 2.05) is 49.4 Å². The number of hydrogen-bond acceptors (Lipinski definition) is 8. The fourth-order valence-corrected chi connectivity index (χ4v) is 3.79. The summed E-state index contributed by atoms with van der Waals surface area (Å²) in [4.78, 5) is 2.29. The Bertz CT molecular complexity index is 1070. The molecule has 4 aromatic rings. The Hall–Kier alpha value is -3.13. The first-order valence-electron chi connectivity index (χ1n) is 9.92. The van der Waals surface area contributed by atoms with E-state index in [0.29, 0.717) is 22.9 Å². The van der Waals surface area contributed by atoms with Gasteiger partial charge >= 0.3 is 0 Å². The first kappa shape index (κ1) is 20.2. The van der Waals surface area contributed by atoms with E-state index in [-0.39, 0.29) is 5.25 Å². The number of hydrogen-bond donors (Lipinski definition) is 0. The third kappa shape index (κ3) is 4.38. The van der Waals surface area contributed by atoms with Gasteiger partial charge in [0.05, 0.1) is 5.25 Å². The molecule has 0 N–H and O–H groups in total. The SMILES string of the molecule is CCN(CC)c1ccc(-c2nnc(SC(C)c3nnc(-c4ccccc4)o3)o2)cc1. The van der Waals surface area contributed by atoms with Gasteiger partial charge in [0.1, 0.15) is 0 Å². The molecule has 0 aliphatic rings. The van der Waals surface area contributed by atoms with Crippen molar-refractivity contribution in [3.8, 4) is 22.9 Å². The molecule has 0 bridgehead atoms. The lowest BCUT2D eigenvalue weighted by molar-refractivity contribution is 0.461. The van der Waals surface area contributed by atoms with Gasteiger partial charge in [-0.1, -0.05) is 30.0 Å². The summed E-state index contributed by atoms with van der Waals surface area (Å²) in [6.07, 6.45) is 0. The lowest BCUT2D eigenvalue weighted by Gasteiger charge is -2.20. The van der Waals surface area contributed by atoms with Gasteiger partial charge in [-0.3, -0.25) is 0 Å². The van der Waals surface area contributed by atoms with E-state index in [4.69, 9.17) is 8.83 Å². The quantitative estimate of drug-likeness (QED) is 0.346. The number of anilines is 1. The summed E-state index contributed by atoms with van der Waals surface area (Å²) in [6.45, 7) is 8.20. The third-order valence-corrected chi connectivity index (χ3v) is 5.66. The lowest BCUT2D eigenvalue weighted by Crippen LogP contribution is -2.21. The molecular weight excluding hydrogens is 398 g/mol. The predicted octanol–water partition coefficient (Wildman–Crippen LogP) is 5.49. The van der Waals surface area contributed by atoms with Gasteiger partial charge in [0.15, 0.2) is 0 Å². The van der Waals surface area contributed by atoms with Gasteiger partial charge in [-0.15, -0.1) is 20.4 Å². The minimum atomic E-state index is -0.117. The van der Waals surface area contributed by atoms with Gasteiger partial charge in [-0.05, 0) is 57.2 Å². The van der Waals surface area contributed by atoms with Crippen molar-refractivity contribution in [2.75, 3.05) is 18.0 Å². The zero-order valence-electron chi connectivity index (χ0n) is 17.1. The molecule has 4 rings (SSSR count). The monoisotopic (exact) mass is 421 g/mol. The van der Waals surface area contributed by atoms with Gasteiger partial charge in [-0.25, -0.2) is 0 Å². The van der Waals surface area contributed by atoms with Gasteiger partial charge in [0.25, 0.3) is 5.22 Å². The Labute approximate surface area is 179 Å². The highest BCUT2D eigenvalue weighted by Gasteiger charge is 2.20. The van der Waals surface area contributed by atoms with Crippen LogP contribution >= 0.6 is 11.8 Å². The standard InChI is InChI=1S/C22H23N5O2S/c1-4-27(5-2)18-13-11-17(12-14-18)21-25-26-22(29-21)30-15(3)19-23-24-20(28-19)16-9-7-6-8-10-16/h6-15H,4-5H2,1-3H3. The maximum Gasteiger partial charge on any atom is 0.277 e. The van der Waals surface area contributed by atoms with E-state index >= 15 is 0 Å². The van der Waals surface area contributed by atoms with Gasteiger partial charge in [0.2, 0.25) is 17.7 Å². The maximum atomic E-state index is 5.84. The summed E-state index contributed by atoms with van der Waals surface area (Å²) >= 11 is 1.39. The summed E-state index contributed by atoms with van der Waals surface area (Å²) in [7, 11) is 0. The van der Waals surface area contributed by atoms with Crippen LogP contribution in [0.2, 0.25) is 0 Å². The Morgan fingerprint density at radius 1 is 0.800 bits per heavy atom. The van der Waals surface area contributed by atoms with E-state index in [2.05, 4.69) is 51.3 Å². The predicted molar refractivity (Wildman–Crippen MR) is 117 cm³/mol. The van der Waals surface area contributed by atoms with Gasteiger partial charge < -0.3 is 13.7 Å². The molecule has 7 nitrogen and oxygen atoms in total. The van der Waals surface area contributed by atoms with Crippen molar-refractivity contribution in [3.63, 3.8) is 0 Å². The van der Waals surface area contributed by atoms with Gasteiger partial charge in [-0.2, -0.15) is 0 Å². The van der Waals surface area contributed by atoms with Crippen LogP contribution in [0.3, 0.4) is 0 Å². The van der Waals surface area contributed by atoms with E-state index in [9.17, 15) is 0 Å². The fraction of sp³-hybridized carbons (Fsp3) is 0.273. The molecule has 0 aliphatic heterocycles. The number of aromatic nitrogens is 4. The van der Waals surface area contributed by atoms with Crippen LogP contribution in [0.5, 0.6) is 0 Å². The summed E-state index contributed by atoms with van der Waals surface area (Å²) in [5.74, 6) is 1.51. The molecule has 0 fully saturated rings. The highest BCUT2D eigenvalue weighted by atomic mass is 32.2. The topological polar surface area (TPSA) is 81.1 Å². The van der Waals surface area contributed by atoms with Crippen molar-refractivity contribution in [2.45, 2.75) is 31.2 Å². The zero-order valence-corrected chi connectivity index (χ0v) is 18.0. The van der Waals surface area contributed by atoms with Gasteiger partial charge in [0, 0.05) is 29.9 Å². The molecule has 30 heavy (non-hydrogen) atoms. The van der Waals surface area contributed by atoms with Crippen molar-refractivity contribution in [1.82, 2.24) is 20.4 Å². The summed E-state index contributed by atoms with van der Waals surface area (Å²) in [6, 6.07) is 17.8. The number of benzene rings is 2. The summed E-state index contributed by atoms with van der Waals surface area (Å²) in [5.41, 5.74) is 2.96. The molecular formula is C22H23N5O2S. The van der Waals surface area contributed by atoms with Crippen LogP contribution in [-0.2, 0) is 0 Å². The summed E-state index contributed by atoms with van der Waals surface area (Å²) in [5, 5.41) is 17.0. The van der Waals surface area contributed by atoms with E-state index in [1.165, 1.54) is 17.4 Å². The number of nitrogens with zero attached hydrogens (tertiary/aromatic N) is 5. The number of rotatable bonds is 8. The van der Waals surface area contributed by atoms with Crippen molar-refractivity contribution in [1.29, 1.82) is 0 Å². The average molecular weight is 422 g/mol. The number of thioether (sulfide) groups is 1. The first-order chi connectivity index (χ1) is 14.7. The molecule has 0 aliphatic carbocycles. The van der Waals surface area contributed by atoms with Crippen LogP contribution < -0.4 is 4.90 Å². The minimum Gasteiger partial charge on any atom is -0.419 e. The molecule has 0 saturated carbocycles. The molecule has 154 valence electrons. The average Bonchev–Trinajstić information content (AvgIpc) is 3.46. The highest BCUT2D eigenvalue weighted by molar-refractivity contribution is 7.99. The Morgan fingerprint density at radius 3 is 2.13 bits per heavy atom. The smallest absolute Gasteiger partial charge is 0.277 e. The largest absolute Gasteiger partial charge is 0.419 e. The van der Waals surface area contributed by atoms with Crippen molar-refractivity contribution in [3.05, 3.63) is 60.5 Å². The Balaban J connectivity index is 1.44. The van der Waals surface area contributed by atoms with E-state index < -0.39 is 0 Å². The van der Waals surface area contributed by atoms with Crippen molar-refractivity contribution in [2.24, 2.45) is 0 Å². The second kappa shape index (κ2) is 9.13. The molecule has 0 saturated heterocycles. The molecule has 1 unspecified atom stereocenters. The summed E-state index contributed by atoms with van der Waals surface area (Å²) < 4.78 is 11.7. The van der Waals surface area contributed by atoms with Crippen LogP contribution in [-0.4, -0.2) is 33.5 Å². The van der Waals surface area contributed by atoms with Crippen LogP contribution in [0.15, 0.2) is 68.7 Å². The zero-order chi connectivity index (χ0) is 20.9. The normalized spacial score (nSPS) is 12.1. The highest BCUT2D eigenvalue weighted by Crippen LogP contribution is 2.35. The van der Waals surface area contributed by atoms with Crippen LogP contribution in [0.4, 0.5) is 5.69 Å². The molecule has 2 aromatic heterocycles. The first-order valence-corrected chi connectivity index (χ1v) is 10.8. The van der Waals surface area contributed by atoms with Crippen LogP contribution in [0.1, 0.15) is 31.9 Å². The lowest BCUT2D eigenvalue weighted by atomic mass is 10.2. The molecule has 2 heterocycles.